The van der Waals surface area contributed by atoms with Crippen LogP contribution in [0.15, 0.2) is 60.7 Å². The van der Waals surface area contributed by atoms with Gasteiger partial charge >= 0.3 is 5.97 Å². The zero-order valence-corrected chi connectivity index (χ0v) is 13.0. The van der Waals surface area contributed by atoms with E-state index in [1.54, 1.807) is 12.1 Å². The number of ether oxygens (including phenoxy) is 1. The molecule has 23 heavy (non-hydrogen) atoms. The van der Waals surface area contributed by atoms with E-state index in [-0.39, 0.29) is 5.97 Å². The molecule has 0 aliphatic carbocycles. The minimum Gasteiger partial charge on any atom is -0.462 e. The maximum atomic E-state index is 11.2. The zero-order valence-electron chi connectivity index (χ0n) is 13.0. The monoisotopic (exact) mass is 306 g/mol. The molecule has 2 aromatic carbocycles. The third kappa shape index (κ3) is 4.72. The largest absolute Gasteiger partial charge is 0.462 e. The second-order valence-electron chi connectivity index (χ2n) is 4.88. The summed E-state index contributed by atoms with van der Waals surface area (Å²) < 4.78 is 4.94. The number of carbonyl (C=O) groups is 1. The maximum Gasteiger partial charge on any atom is 0.338 e. The third-order valence-electron chi connectivity index (χ3n) is 3.10. The summed E-state index contributed by atoms with van der Waals surface area (Å²) in [5.41, 5.74) is 2.25. The van der Waals surface area contributed by atoms with Gasteiger partial charge in [-0.1, -0.05) is 43.3 Å². The van der Waals surface area contributed by atoms with Crippen molar-refractivity contribution in [2.75, 3.05) is 6.61 Å². The molecule has 1 N–H and O–H groups in total. The van der Waals surface area contributed by atoms with Gasteiger partial charge in [0, 0.05) is 10.9 Å². The van der Waals surface area contributed by atoms with Crippen LogP contribution >= 0.6 is 0 Å². The first-order valence-corrected chi connectivity index (χ1v) is 7.44. The molecule has 0 bridgehead atoms. The van der Waals surface area contributed by atoms with Crippen molar-refractivity contribution in [1.29, 1.82) is 5.26 Å². The van der Waals surface area contributed by atoms with Crippen molar-refractivity contribution in [3.63, 3.8) is 0 Å². The predicted molar refractivity (Wildman–Crippen MR) is 90.0 cm³/mol. The standard InChI is InChI=1S/C10H12O2.C9H6N2/c1-2-8-12-10(11)9-6-4-3-5-7-9;10-6-8-5-7-3-1-2-4-9(7)11-8/h3-7H,2,8H2,1H3;1-5,11H. The summed E-state index contributed by atoms with van der Waals surface area (Å²) in [5, 5.41) is 9.64. The van der Waals surface area contributed by atoms with E-state index in [0.29, 0.717) is 17.9 Å². The number of para-hydroxylation sites is 1. The van der Waals surface area contributed by atoms with Crippen LogP contribution in [0, 0.1) is 11.3 Å². The normalized spacial score (nSPS) is 9.57. The smallest absolute Gasteiger partial charge is 0.338 e. The Hall–Kier alpha value is -3.06. The molecule has 0 aliphatic rings. The van der Waals surface area contributed by atoms with E-state index in [1.165, 1.54) is 0 Å². The molecule has 3 aromatic rings. The van der Waals surface area contributed by atoms with Gasteiger partial charge in [-0.25, -0.2) is 4.79 Å². The van der Waals surface area contributed by atoms with Crippen molar-refractivity contribution >= 4 is 16.9 Å². The second-order valence-corrected chi connectivity index (χ2v) is 4.88. The average Bonchev–Trinajstić information content (AvgIpc) is 3.04. The Kier molecular flexibility index (Phi) is 5.96. The van der Waals surface area contributed by atoms with Gasteiger partial charge in [-0.2, -0.15) is 5.26 Å². The fraction of sp³-hybridized carbons (Fsp3) is 0.158. The number of nitriles is 1. The second kappa shape index (κ2) is 8.40. The Morgan fingerprint density at radius 2 is 1.83 bits per heavy atom. The number of fused-ring (bicyclic) bond motifs is 1. The number of benzene rings is 2. The van der Waals surface area contributed by atoms with Crippen LogP contribution in [-0.2, 0) is 4.74 Å². The lowest BCUT2D eigenvalue weighted by Crippen LogP contribution is -2.05. The number of nitrogens with one attached hydrogen (secondary N) is 1. The average molecular weight is 306 g/mol. The summed E-state index contributed by atoms with van der Waals surface area (Å²) in [6, 6.07) is 20.7. The number of H-pyrrole nitrogens is 1. The molecule has 0 radical (unpaired) electrons. The number of hydrogen-bond acceptors (Lipinski definition) is 3. The molecule has 0 spiro atoms. The van der Waals surface area contributed by atoms with Crippen molar-refractivity contribution in [2.45, 2.75) is 13.3 Å². The molecule has 0 fully saturated rings. The van der Waals surface area contributed by atoms with Crippen LogP contribution in [0.3, 0.4) is 0 Å². The Balaban J connectivity index is 0.000000167. The van der Waals surface area contributed by atoms with Gasteiger partial charge in [0.25, 0.3) is 0 Å². The summed E-state index contributed by atoms with van der Waals surface area (Å²) in [7, 11) is 0. The van der Waals surface area contributed by atoms with E-state index in [2.05, 4.69) is 11.1 Å². The highest BCUT2D eigenvalue weighted by Gasteiger charge is 2.03. The molecule has 1 aromatic heterocycles. The molecule has 0 amide bonds. The Morgan fingerprint density at radius 1 is 1.13 bits per heavy atom. The number of nitrogens with zero attached hydrogens (tertiary/aromatic N) is 1. The SMILES string of the molecule is CCCOC(=O)c1ccccc1.N#Cc1cc2ccccc2[nH]1. The lowest BCUT2D eigenvalue weighted by Gasteiger charge is -2.01. The minimum absolute atomic E-state index is 0.238. The van der Waals surface area contributed by atoms with Crippen LogP contribution in [0.25, 0.3) is 10.9 Å². The Morgan fingerprint density at radius 3 is 2.48 bits per heavy atom. The number of aromatic nitrogens is 1. The summed E-state index contributed by atoms with van der Waals surface area (Å²) in [4.78, 5) is 14.2. The van der Waals surface area contributed by atoms with Crippen molar-refractivity contribution in [2.24, 2.45) is 0 Å². The molecular formula is C19H18N2O2. The first kappa shape index (κ1) is 16.3. The van der Waals surface area contributed by atoms with Gasteiger partial charge in [0.05, 0.1) is 12.2 Å². The lowest BCUT2D eigenvalue weighted by molar-refractivity contribution is 0.0505. The van der Waals surface area contributed by atoms with Crippen molar-refractivity contribution in [1.82, 2.24) is 4.98 Å². The van der Waals surface area contributed by atoms with Gasteiger partial charge < -0.3 is 9.72 Å². The number of hydrogen-bond donors (Lipinski definition) is 1. The van der Waals surface area contributed by atoms with E-state index in [4.69, 9.17) is 10.00 Å². The van der Waals surface area contributed by atoms with E-state index < -0.39 is 0 Å². The predicted octanol–water partition coefficient (Wildman–Crippen LogP) is 4.29. The summed E-state index contributed by atoms with van der Waals surface area (Å²) in [6.45, 7) is 2.46. The molecule has 0 aliphatic heterocycles. The maximum absolute atomic E-state index is 11.2. The van der Waals surface area contributed by atoms with Crippen LogP contribution in [0.5, 0.6) is 0 Å². The van der Waals surface area contributed by atoms with E-state index >= 15 is 0 Å². The quantitative estimate of drug-likeness (QED) is 0.734. The van der Waals surface area contributed by atoms with Crippen molar-refractivity contribution in [3.8, 4) is 6.07 Å². The van der Waals surface area contributed by atoms with Crippen LogP contribution < -0.4 is 0 Å². The summed E-state index contributed by atoms with van der Waals surface area (Å²) in [5.74, 6) is -0.238. The number of esters is 1. The van der Waals surface area contributed by atoms with E-state index in [9.17, 15) is 4.79 Å². The number of rotatable bonds is 3. The van der Waals surface area contributed by atoms with Crippen LogP contribution in [-0.4, -0.2) is 17.6 Å². The highest BCUT2D eigenvalue weighted by Crippen LogP contribution is 2.13. The van der Waals surface area contributed by atoms with Gasteiger partial charge in [-0.3, -0.25) is 0 Å². The molecule has 116 valence electrons. The van der Waals surface area contributed by atoms with E-state index in [0.717, 1.165) is 17.3 Å². The van der Waals surface area contributed by atoms with Gasteiger partial charge in [0.15, 0.2) is 0 Å². The zero-order chi connectivity index (χ0) is 16.5. The molecule has 0 saturated heterocycles. The van der Waals surface area contributed by atoms with Crippen molar-refractivity contribution in [3.05, 3.63) is 71.9 Å². The molecule has 0 atom stereocenters. The lowest BCUT2D eigenvalue weighted by atomic mass is 10.2. The minimum atomic E-state index is -0.238. The molecule has 4 heteroatoms. The van der Waals surface area contributed by atoms with E-state index in [1.807, 2.05) is 55.5 Å². The number of carbonyl (C=O) groups excluding carboxylic acids is 1. The fourth-order valence-corrected chi connectivity index (χ4v) is 1.99. The number of aromatic amines is 1. The third-order valence-corrected chi connectivity index (χ3v) is 3.10. The Bertz CT molecular complexity index is 768. The van der Waals surface area contributed by atoms with Crippen molar-refractivity contribution < 1.29 is 9.53 Å². The van der Waals surface area contributed by atoms with Gasteiger partial charge in [-0.05, 0) is 30.7 Å². The molecule has 3 rings (SSSR count). The molecule has 1 heterocycles. The molecular weight excluding hydrogens is 288 g/mol. The highest BCUT2D eigenvalue weighted by atomic mass is 16.5. The molecule has 0 unspecified atom stereocenters. The van der Waals surface area contributed by atoms with Gasteiger partial charge in [0.2, 0.25) is 0 Å². The molecule has 0 saturated carbocycles. The first-order chi connectivity index (χ1) is 11.2. The summed E-state index contributed by atoms with van der Waals surface area (Å²) in [6.07, 6.45) is 0.860. The van der Waals surface area contributed by atoms with Gasteiger partial charge in [-0.15, -0.1) is 0 Å². The first-order valence-electron chi connectivity index (χ1n) is 7.44. The Labute approximate surface area is 135 Å². The highest BCUT2D eigenvalue weighted by molar-refractivity contribution is 5.89. The summed E-state index contributed by atoms with van der Waals surface area (Å²) >= 11 is 0. The van der Waals surface area contributed by atoms with Gasteiger partial charge in [0.1, 0.15) is 11.8 Å². The van der Waals surface area contributed by atoms with Crippen LogP contribution in [0.4, 0.5) is 0 Å². The topological polar surface area (TPSA) is 65.9 Å². The van der Waals surface area contributed by atoms with Crippen LogP contribution in [0.1, 0.15) is 29.4 Å². The fourth-order valence-electron chi connectivity index (χ4n) is 1.99. The molecule has 4 nitrogen and oxygen atoms in total. The van der Waals surface area contributed by atoms with Crippen LogP contribution in [0.2, 0.25) is 0 Å².